The van der Waals surface area contributed by atoms with Crippen molar-refractivity contribution in [2.75, 3.05) is 0 Å². The van der Waals surface area contributed by atoms with Crippen LogP contribution in [0.4, 0.5) is 0 Å². The number of pyridine rings is 1. The summed E-state index contributed by atoms with van der Waals surface area (Å²) in [4.78, 5) is 4.99. The van der Waals surface area contributed by atoms with Gasteiger partial charge in [0.15, 0.2) is 0 Å². The molecule has 6 heteroatoms. The molecule has 0 aliphatic rings. The van der Waals surface area contributed by atoms with Gasteiger partial charge < -0.3 is 13.9 Å². The van der Waals surface area contributed by atoms with Crippen LogP contribution in [0.5, 0.6) is 11.5 Å². The van der Waals surface area contributed by atoms with Crippen molar-refractivity contribution in [3.8, 4) is 62.1 Å². The van der Waals surface area contributed by atoms with Gasteiger partial charge in [0, 0.05) is 44.3 Å². The molecule has 5 nitrogen and oxygen atoms in total. The van der Waals surface area contributed by atoms with Gasteiger partial charge in [-0.25, -0.2) is 4.98 Å². The molecule has 3 heterocycles. The molecule has 0 spiro atoms. The van der Waals surface area contributed by atoms with Gasteiger partial charge in [0.05, 0.1) is 16.7 Å². The second-order valence-corrected chi connectivity index (χ2v) is 29.2. The second kappa shape index (κ2) is 21.6. The van der Waals surface area contributed by atoms with E-state index in [-0.39, 0.29) is 53.6 Å². The van der Waals surface area contributed by atoms with E-state index < -0.39 is 0 Å². The summed E-state index contributed by atoms with van der Waals surface area (Å²) >= 11 is 0. The van der Waals surface area contributed by atoms with Crippen LogP contribution in [0.2, 0.25) is 0 Å². The molecule has 11 aromatic rings. The van der Waals surface area contributed by atoms with Crippen LogP contribution in [0.3, 0.4) is 0 Å². The van der Waals surface area contributed by atoms with Crippen LogP contribution in [-0.4, -0.2) is 14.1 Å². The monoisotopic (exact) mass is 1290 g/mol. The Hall–Kier alpha value is -7.33. The summed E-state index contributed by atoms with van der Waals surface area (Å²) in [6, 6.07) is 67.6. The Morgan fingerprint density at radius 2 is 0.929 bits per heavy atom. The molecule has 11 rings (SSSR count). The number of ether oxygens (including phenoxy) is 1. The number of aromatic nitrogens is 4. The summed E-state index contributed by atoms with van der Waals surface area (Å²) in [6.07, 6.45) is 5.91. The summed E-state index contributed by atoms with van der Waals surface area (Å²) in [6.45, 7) is 41.7. The van der Waals surface area contributed by atoms with Crippen molar-refractivity contribution in [3.05, 3.63) is 222 Å². The minimum Gasteiger partial charge on any atom is -0.510 e. The zero-order valence-electron chi connectivity index (χ0n) is 52.7. The Labute approximate surface area is 515 Å². The molecule has 0 radical (unpaired) electrons. The van der Waals surface area contributed by atoms with Crippen LogP contribution >= 0.6 is 0 Å². The Kier molecular flexibility index (Phi) is 15.4. The van der Waals surface area contributed by atoms with Gasteiger partial charge in [0.25, 0.3) is 6.33 Å². The number of nitrogens with zero attached hydrogens (tertiary/aromatic N) is 4. The van der Waals surface area contributed by atoms with Gasteiger partial charge in [-0.2, -0.15) is 18.2 Å². The van der Waals surface area contributed by atoms with Gasteiger partial charge >= 0.3 is 0 Å². The van der Waals surface area contributed by atoms with Gasteiger partial charge in [-0.05, 0) is 129 Å². The molecule has 0 fully saturated rings. The fraction of sp³-hybridized carbons (Fsp3) is 0.308. The van der Waals surface area contributed by atoms with Crippen LogP contribution < -0.4 is 9.30 Å². The van der Waals surface area contributed by atoms with Gasteiger partial charge in [-0.3, -0.25) is 4.57 Å². The molecule has 84 heavy (non-hydrogen) atoms. The van der Waals surface area contributed by atoms with E-state index in [1.165, 1.54) is 50.1 Å². The van der Waals surface area contributed by atoms with Crippen molar-refractivity contribution in [3.63, 3.8) is 0 Å². The quantitative estimate of drug-likeness (QED) is 0.112. The van der Waals surface area contributed by atoms with E-state index >= 15 is 0 Å². The van der Waals surface area contributed by atoms with Crippen molar-refractivity contribution in [1.82, 2.24) is 14.1 Å². The summed E-state index contributed by atoms with van der Waals surface area (Å²) in [5, 5.41) is 2.19. The summed E-state index contributed by atoms with van der Waals surface area (Å²) in [7, 11) is 0. The van der Waals surface area contributed by atoms with Crippen LogP contribution in [-0.2, 0) is 53.6 Å². The number of hydrogen-bond donors (Lipinski definition) is 0. The average molecular weight is 1290 g/mol. The first kappa shape index (κ1) is 59.8. The fourth-order valence-corrected chi connectivity index (χ4v) is 11.2. The Balaban J connectivity index is 0.00000786. The predicted octanol–water partition coefficient (Wildman–Crippen LogP) is 20.4. The van der Waals surface area contributed by atoms with Gasteiger partial charge in [0.2, 0.25) is 0 Å². The average Bonchev–Trinajstić information content (AvgIpc) is 1.65. The van der Waals surface area contributed by atoms with E-state index in [9.17, 15) is 0 Å². The van der Waals surface area contributed by atoms with E-state index in [4.69, 9.17) is 9.72 Å². The Morgan fingerprint density at radius 3 is 1.49 bits per heavy atom. The Morgan fingerprint density at radius 1 is 0.405 bits per heavy atom. The maximum absolute atomic E-state index is 6.88. The van der Waals surface area contributed by atoms with E-state index in [1.54, 1.807) is 0 Å². The van der Waals surface area contributed by atoms with Crippen molar-refractivity contribution in [2.24, 2.45) is 0 Å². The summed E-state index contributed by atoms with van der Waals surface area (Å²) < 4.78 is 13.6. The molecule has 3 aromatic heterocycles. The number of imidazole rings is 1. The van der Waals surface area contributed by atoms with E-state index in [2.05, 4.69) is 302 Å². The van der Waals surface area contributed by atoms with Crippen LogP contribution in [0.15, 0.2) is 170 Å². The molecular formula is C78H82N4OPt-2. The molecule has 0 saturated heterocycles. The Bertz CT molecular complexity index is 4120. The number of hydrogen-bond acceptors (Lipinski definition) is 2. The predicted molar refractivity (Wildman–Crippen MR) is 348 cm³/mol. The zero-order valence-corrected chi connectivity index (χ0v) is 55.0. The van der Waals surface area contributed by atoms with Crippen molar-refractivity contribution >= 4 is 32.8 Å². The number of rotatable bonds is 8. The second-order valence-electron chi connectivity index (χ2n) is 29.2. The first-order valence-corrected chi connectivity index (χ1v) is 29.6. The molecule has 0 saturated carbocycles. The maximum atomic E-state index is 6.88. The molecule has 0 unspecified atom stereocenters. The molecule has 432 valence electrons. The third-order valence-electron chi connectivity index (χ3n) is 16.5. The van der Waals surface area contributed by atoms with Crippen LogP contribution in [0.25, 0.3) is 83.4 Å². The molecule has 0 aliphatic carbocycles. The first-order valence-electron chi connectivity index (χ1n) is 29.6. The molecule has 0 bridgehead atoms. The largest absolute Gasteiger partial charge is 0.510 e. The molecule has 0 aliphatic heterocycles. The van der Waals surface area contributed by atoms with Crippen molar-refractivity contribution in [2.45, 2.75) is 157 Å². The smallest absolute Gasteiger partial charge is 0.268 e. The van der Waals surface area contributed by atoms with Gasteiger partial charge in [-0.1, -0.05) is 245 Å². The number of fused-ring (bicyclic) bond motifs is 4. The van der Waals surface area contributed by atoms with Gasteiger partial charge in [0.1, 0.15) is 5.82 Å². The minimum absolute atomic E-state index is 0. The standard InChI is InChI=1S/C78H82N4O.Pt/c1-73(2,3)54-35-36-79-71(46-54)82-67-34-31-51(50-25-20-19-21-26-50)41-66(67)63-33-32-62(48-70(63)82)83-61-28-24-27-60(47-61)80-49-81(69-30-23-22-29-68(69)80)72-64(52-37-55(74(4,5)6)42-56(38-52)75(7,8)9)44-59(78(16,17)18)45-65(72)53-39-57(76(10,11)12)43-58(40-53)77(13,14)15;/h19-46H,1-18H3;/q-2;. The van der Waals surface area contributed by atoms with E-state index in [0.717, 1.165) is 66.7 Å². The third kappa shape index (κ3) is 11.8. The minimum atomic E-state index is -0.165. The van der Waals surface area contributed by atoms with E-state index in [0.29, 0.717) is 11.5 Å². The van der Waals surface area contributed by atoms with Crippen molar-refractivity contribution in [1.29, 1.82) is 0 Å². The third-order valence-corrected chi connectivity index (χ3v) is 16.5. The molecule has 0 atom stereocenters. The first-order chi connectivity index (χ1) is 38.9. The van der Waals surface area contributed by atoms with Crippen LogP contribution in [0, 0.1) is 18.5 Å². The topological polar surface area (TPSA) is 35.9 Å². The van der Waals surface area contributed by atoms with Gasteiger partial charge in [-0.15, -0.1) is 29.7 Å². The fourth-order valence-electron chi connectivity index (χ4n) is 11.2. The summed E-state index contributed by atoms with van der Waals surface area (Å²) in [5.41, 5.74) is 20.0. The molecule has 0 N–H and O–H groups in total. The zero-order chi connectivity index (χ0) is 59.3. The molecule has 0 amide bonds. The maximum Gasteiger partial charge on any atom is 0.268 e. The van der Waals surface area contributed by atoms with Crippen LogP contribution in [0.1, 0.15) is 158 Å². The van der Waals surface area contributed by atoms with Crippen molar-refractivity contribution < 1.29 is 30.4 Å². The summed E-state index contributed by atoms with van der Waals surface area (Å²) in [5.74, 6) is 1.98. The van der Waals surface area contributed by atoms with E-state index in [1.807, 2.05) is 24.4 Å². The normalized spacial score (nSPS) is 12.8. The molecule has 8 aromatic carbocycles. The molecular weight excluding hydrogens is 1200 g/mol. The number of para-hydroxylation sites is 2. The SMILES string of the molecule is CC(C)(C)c1cc(-c2cc(C(C)(C)C)cc(-c3cc(C(C)(C)C)cc(C(C)(C)C)c3)c2-[n+]2[c-]n(-c3[c-]c(Oc4[c-]c5c(cc4)c4cc(-c6ccccc6)ccc4n5-c4cc(C(C)(C)C)ccn4)ccc3)c3ccccc32)cc(C(C)(C)C)c1.[Pt]. The number of benzene rings is 8.